The molecule has 0 fully saturated rings. The van der Waals surface area contributed by atoms with Gasteiger partial charge < -0.3 is 14.7 Å². The van der Waals surface area contributed by atoms with E-state index in [1.807, 2.05) is 14.1 Å². The average molecular weight is 345 g/mol. The van der Waals surface area contributed by atoms with Gasteiger partial charge in [0.05, 0.1) is 33.6 Å². The number of hydrogen-bond acceptors (Lipinski definition) is 2. The normalized spacial score (nSPS) is 13.0. The number of carbonyl (C=O) groups is 2. The van der Waals surface area contributed by atoms with Gasteiger partial charge in [-0.25, -0.2) is 0 Å². The lowest BCUT2D eigenvalue weighted by molar-refractivity contribution is -0.892. The van der Waals surface area contributed by atoms with Crippen LogP contribution in [0.4, 0.5) is 0 Å². The van der Waals surface area contributed by atoms with Crippen LogP contribution in [-0.4, -0.2) is 53.8 Å². The number of carboxylic acids is 2. The van der Waals surface area contributed by atoms with E-state index in [2.05, 4.69) is 6.92 Å². The van der Waals surface area contributed by atoms with E-state index in [1.54, 1.807) is 0 Å². The van der Waals surface area contributed by atoms with Crippen molar-refractivity contribution in [3.05, 3.63) is 0 Å². The maximum absolute atomic E-state index is 11.2. The van der Waals surface area contributed by atoms with E-state index in [-0.39, 0.29) is 6.42 Å². The Morgan fingerprint density at radius 2 is 1.29 bits per heavy atom. The van der Waals surface area contributed by atoms with E-state index in [0.29, 0.717) is 11.0 Å². The molecule has 0 aliphatic carbocycles. The van der Waals surface area contributed by atoms with Crippen LogP contribution in [0.2, 0.25) is 0 Å². The summed E-state index contributed by atoms with van der Waals surface area (Å²) in [5.74, 6) is -2.85. The predicted octanol–water partition coefficient (Wildman–Crippen LogP) is 4.16. The smallest absolute Gasteiger partial charge is 0.312 e. The van der Waals surface area contributed by atoms with E-state index in [1.165, 1.54) is 57.8 Å². The van der Waals surface area contributed by atoms with E-state index >= 15 is 0 Å². The molecule has 0 bridgehead atoms. The molecule has 1 atom stereocenters. The lowest BCUT2D eigenvalue weighted by Crippen LogP contribution is -2.46. The lowest BCUT2D eigenvalue weighted by Gasteiger charge is -2.32. The highest BCUT2D eigenvalue weighted by molar-refractivity contribution is 5.77. The maximum atomic E-state index is 11.2. The van der Waals surface area contributed by atoms with Crippen molar-refractivity contribution in [2.24, 2.45) is 5.92 Å². The molecule has 0 aliphatic rings. The van der Waals surface area contributed by atoms with Gasteiger partial charge in [0.1, 0.15) is 5.92 Å². The first-order valence-corrected chi connectivity index (χ1v) is 9.55. The molecule has 0 spiro atoms. The Bertz CT molecular complexity index is 355. The number of quaternary nitrogens is 1. The second-order valence-electron chi connectivity index (χ2n) is 7.66. The third-order valence-electron chi connectivity index (χ3n) is 4.60. The largest absolute Gasteiger partial charge is 0.481 e. The van der Waals surface area contributed by atoms with Crippen molar-refractivity contribution in [3.8, 4) is 0 Å². The number of aliphatic carboxylic acids is 2. The Labute approximate surface area is 147 Å². The number of hydrogen-bond donors (Lipinski definition) is 2. The zero-order valence-corrected chi connectivity index (χ0v) is 15.9. The molecule has 5 nitrogen and oxygen atoms in total. The van der Waals surface area contributed by atoms with Crippen molar-refractivity contribution in [1.29, 1.82) is 0 Å². The SMILES string of the molecule is CCCCCCCCCCCC[N+](C)(C)CC(CC(=O)O)C(=O)O. The molecule has 0 aliphatic heterocycles. The van der Waals surface area contributed by atoms with Crippen molar-refractivity contribution >= 4 is 11.9 Å². The van der Waals surface area contributed by atoms with Crippen LogP contribution in [0.15, 0.2) is 0 Å². The Balaban J connectivity index is 3.79. The van der Waals surface area contributed by atoms with Crippen molar-refractivity contribution in [2.75, 3.05) is 27.2 Å². The molecule has 0 aromatic heterocycles. The maximum Gasteiger partial charge on any atom is 0.312 e. The van der Waals surface area contributed by atoms with Gasteiger partial charge in [0, 0.05) is 0 Å². The van der Waals surface area contributed by atoms with Gasteiger partial charge in [-0.3, -0.25) is 9.59 Å². The fourth-order valence-corrected chi connectivity index (χ4v) is 3.16. The minimum Gasteiger partial charge on any atom is -0.481 e. The van der Waals surface area contributed by atoms with Crippen molar-refractivity contribution in [3.63, 3.8) is 0 Å². The summed E-state index contributed by atoms with van der Waals surface area (Å²) in [4.78, 5) is 22.0. The first-order chi connectivity index (χ1) is 11.3. The second-order valence-corrected chi connectivity index (χ2v) is 7.66. The Hall–Kier alpha value is -1.10. The molecule has 0 rings (SSSR count). The number of nitrogens with zero attached hydrogens (tertiary/aromatic N) is 1. The Kier molecular flexibility index (Phi) is 12.6. The molecule has 0 saturated carbocycles. The van der Waals surface area contributed by atoms with Crippen molar-refractivity contribution in [2.45, 2.75) is 77.6 Å². The Morgan fingerprint density at radius 3 is 1.71 bits per heavy atom. The van der Waals surface area contributed by atoms with Crippen LogP contribution >= 0.6 is 0 Å². The van der Waals surface area contributed by atoms with Crippen molar-refractivity contribution < 1.29 is 24.3 Å². The summed E-state index contributed by atoms with van der Waals surface area (Å²) < 4.78 is 0.571. The van der Waals surface area contributed by atoms with Crippen LogP contribution in [0.1, 0.15) is 77.6 Å². The molecular formula is C19H38NO4+. The van der Waals surface area contributed by atoms with E-state index in [0.717, 1.165) is 13.0 Å². The molecule has 0 amide bonds. The van der Waals surface area contributed by atoms with Crippen LogP contribution in [0.3, 0.4) is 0 Å². The van der Waals surface area contributed by atoms with Crippen molar-refractivity contribution in [1.82, 2.24) is 0 Å². The molecule has 0 radical (unpaired) electrons. The van der Waals surface area contributed by atoms with Crippen LogP contribution in [0, 0.1) is 5.92 Å². The molecule has 0 aromatic rings. The van der Waals surface area contributed by atoms with Crippen LogP contribution in [0.25, 0.3) is 0 Å². The van der Waals surface area contributed by atoms with Crippen LogP contribution in [0.5, 0.6) is 0 Å². The third kappa shape index (κ3) is 13.3. The molecule has 0 aromatic carbocycles. The summed E-state index contributed by atoms with van der Waals surface area (Å²) in [5, 5.41) is 18.0. The fourth-order valence-electron chi connectivity index (χ4n) is 3.16. The molecule has 0 saturated heterocycles. The molecular weight excluding hydrogens is 306 g/mol. The highest BCUT2D eigenvalue weighted by Gasteiger charge is 2.29. The second kappa shape index (κ2) is 13.2. The molecule has 142 valence electrons. The van der Waals surface area contributed by atoms with E-state index < -0.39 is 17.9 Å². The third-order valence-corrected chi connectivity index (χ3v) is 4.60. The molecule has 0 heterocycles. The quantitative estimate of drug-likeness (QED) is 0.326. The van der Waals surface area contributed by atoms with Gasteiger partial charge in [0.2, 0.25) is 0 Å². The average Bonchev–Trinajstić information content (AvgIpc) is 2.47. The van der Waals surface area contributed by atoms with E-state index in [9.17, 15) is 9.59 Å². The summed E-state index contributed by atoms with van der Waals surface area (Å²) in [6.45, 7) is 3.51. The minimum absolute atomic E-state index is 0.297. The first kappa shape index (κ1) is 22.9. The standard InChI is InChI=1S/C19H37NO4/c1-4-5-6-7-8-9-10-11-12-13-14-20(2,3)16-17(19(23)24)15-18(21)22/h17H,4-16H2,1-3H3,(H-,21,22,23,24)/p+1. The van der Waals surface area contributed by atoms with Gasteiger partial charge >= 0.3 is 11.9 Å². The number of rotatable bonds is 16. The zero-order valence-electron chi connectivity index (χ0n) is 15.9. The van der Waals surface area contributed by atoms with Gasteiger partial charge in [-0.05, 0) is 12.8 Å². The summed E-state index contributed by atoms with van der Waals surface area (Å²) in [5.41, 5.74) is 0. The molecule has 1 unspecified atom stereocenters. The first-order valence-electron chi connectivity index (χ1n) is 9.55. The summed E-state index contributed by atoms with van der Waals surface area (Å²) in [6.07, 6.45) is 12.5. The predicted molar refractivity (Wildman–Crippen MR) is 97.1 cm³/mol. The summed E-state index contributed by atoms with van der Waals surface area (Å²) in [6, 6.07) is 0. The summed E-state index contributed by atoms with van der Waals surface area (Å²) in [7, 11) is 3.98. The number of unbranched alkanes of at least 4 members (excludes halogenated alkanes) is 9. The fraction of sp³-hybridized carbons (Fsp3) is 0.895. The van der Waals surface area contributed by atoms with Gasteiger partial charge in [-0.15, -0.1) is 0 Å². The number of carboxylic acid groups (broad SMARTS) is 2. The highest BCUT2D eigenvalue weighted by Crippen LogP contribution is 2.14. The molecule has 2 N–H and O–H groups in total. The lowest BCUT2D eigenvalue weighted by atomic mass is 10.0. The van der Waals surface area contributed by atoms with Gasteiger partial charge in [-0.1, -0.05) is 58.3 Å². The topological polar surface area (TPSA) is 74.6 Å². The molecule has 24 heavy (non-hydrogen) atoms. The van der Waals surface area contributed by atoms with Crippen LogP contribution in [-0.2, 0) is 9.59 Å². The van der Waals surface area contributed by atoms with E-state index in [4.69, 9.17) is 10.2 Å². The van der Waals surface area contributed by atoms with Crippen LogP contribution < -0.4 is 0 Å². The van der Waals surface area contributed by atoms with Gasteiger partial charge in [0.25, 0.3) is 0 Å². The Morgan fingerprint density at radius 1 is 0.833 bits per heavy atom. The molecule has 5 heteroatoms. The monoisotopic (exact) mass is 344 g/mol. The minimum atomic E-state index is -1.04. The van der Waals surface area contributed by atoms with Gasteiger partial charge in [-0.2, -0.15) is 0 Å². The van der Waals surface area contributed by atoms with Gasteiger partial charge in [0.15, 0.2) is 0 Å². The zero-order chi connectivity index (χ0) is 18.4. The highest BCUT2D eigenvalue weighted by atomic mass is 16.4. The summed E-state index contributed by atoms with van der Waals surface area (Å²) >= 11 is 0.